The number of rotatable bonds is 5. The second-order valence-corrected chi connectivity index (χ2v) is 7.22. The Bertz CT molecular complexity index is 832. The van der Waals surface area contributed by atoms with Gasteiger partial charge in [-0.1, -0.05) is 36.4 Å². The number of ether oxygens (including phenoxy) is 1. The SMILES string of the molecule is O=C(c1cccc(N2CCNC2=O)c1)N1CCC(OCc2ccccc2)CC1. The minimum Gasteiger partial charge on any atom is -0.373 e. The Kier molecular flexibility index (Phi) is 5.58. The minimum absolute atomic E-state index is 0.0166. The van der Waals surface area contributed by atoms with Crippen LogP contribution in [-0.2, 0) is 11.3 Å². The van der Waals surface area contributed by atoms with Gasteiger partial charge >= 0.3 is 6.03 Å². The Morgan fingerprint density at radius 1 is 1.04 bits per heavy atom. The van der Waals surface area contributed by atoms with Gasteiger partial charge in [0.1, 0.15) is 0 Å². The van der Waals surface area contributed by atoms with Crippen LogP contribution in [0.4, 0.5) is 10.5 Å². The van der Waals surface area contributed by atoms with Crippen LogP contribution < -0.4 is 10.2 Å². The van der Waals surface area contributed by atoms with Crippen molar-refractivity contribution >= 4 is 17.6 Å². The van der Waals surface area contributed by atoms with Crippen molar-refractivity contribution in [2.45, 2.75) is 25.6 Å². The molecular weight excluding hydrogens is 354 g/mol. The maximum absolute atomic E-state index is 12.9. The average molecular weight is 379 g/mol. The van der Waals surface area contributed by atoms with Crippen LogP contribution in [0.15, 0.2) is 54.6 Å². The molecule has 6 nitrogen and oxygen atoms in total. The normalized spacial score (nSPS) is 17.6. The maximum Gasteiger partial charge on any atom is 0.321 e. The number of urea groups is 1. The van der Waals surface area contributed by atoms with Crippen LogP contribution >= 0.6 is 0 Å². The van der Waals surface area contributed by atoms with Crippen LogP contribution in [0.1, 0.15) is 28.8 Å². The van der Waals surface area contributed by atoms with E-state index >= 15 is 0 Å². The van der Waals surface area contributed by atoms with Gasteiger partial charge in [-0.05, 0) is 36.6 Å². The summed E-state index contributed by atoms with van der Waals surface area (Å²) < 4.78 is 6.01. The molecule has 1 N–H and O–H groups in total. The number of nitrogens with one attached hydrogen (secondary N) is 1. The number of amides is 3. The van der Waals surface area contributed by atoms with Crippen LogP contribution in [0, 0.1) is 0 Å². The van der Waals surface area contributed by atoms with Gasteiger partial charge in [0.2, 0.25) is 0 Å². The van der Waals surface area contributed by atoms with Gasteiger partial charge in [-0.2, -0.15) is 0 Å². The standard InChI is InChI=1S/C22H25N3O3/c26-21(18-7-4-8-19(15-18)25-14-11-23-22(25)27)24-12-9-20(10-13-24)28-16-17-5-2-1-3-6-17/h1-8,15,20H,9-14,16H2,(H,23,27). The molecule has 6 heteroatoms. The monoisotopic (exact) mass is 379 g/mol. The van der Waals surface area contributed by atoms with Gasteiger partial charge < -0.3 is 15.0 Å². The molecule has 2 saturated heterocycles. The van der Waals surface area contributed by atoms with E-state index in [9.17, 15) is 9.59 Å². The van der Waals surface area contributed by atoms with E-state index in [0.29, 0.717) is 38.3 Å². The number of piperidine rings is 1. The molecule has 2 aliphatic heterocycles. The highest BCUT2D eigenvalue weighted by molar-refractivity contribution is 5.98. The van der Waals surface area contributed by atoms with Crippen molar-refractivity contribution < 1.29 is 14.3 Å². The molecule has 4 rings (SSSR count). The van der Waals surface area contributed by atoms with Crippen molar-refractivity contribution in [1.29, 1.82) is 0 Å². The first-order chi connectivity index (χ1) is 13.7. The van der Waals surface area contributed by atoms with Crippen LogP contribution in [-0.4, -0.2) is 49.1 Å². The van der Waals surface area contributed by atoms with Gasteiger partial charge in [0.25, 0.3) is 5.91 Å². The average Bonchev–Trinajstić information content (AvgIpc) is 3.19. The van der Waals surface area contributed by atoms with Crippen molar-refractivity contribution in [2.24, 2.45) is 0 Å². The van der Waals surface area contributed by atoms with E-state index in [1.165, 1.54) is 5.56 Å². The fourth-order valence-electron chi connectivity index (χ4n) is 3.72. The quantitative estimate of drug-likeness (QED) is 0.869. The Hall–Kier alpha value is -2.86. The number of hydrogen-bond donors (Lipinski definition) is 1. The molecule has 0 atom stereocenters. The molecular formula is C22H25N3O3. The number of benzene rings is 2. The lowest BCUT2D eigenvalue weighted by molar-refractivity contribution is -0.000380. The molecule has 28 heavy (non-hydrogen) atoms. The number of nitrogens with zero attached hydrogens (tertiary/aromatic N) is 2. The topological polar surface area (TPSA) is 61.9 Å². The molecule has 146 valence electrons. The third-order valence-corrected chi connectivity index (χ3v) is 5.32. The van der Waals surface area contributed by atoms with Gasteiger partial charge in [0.15, 0.2) is 0 Å². The molecule has 2 aromatic rings. The molecule has 0 bridgehead atoms. The van der Waals surface area contributed by atoms with Gasteiger partial charge in [-0.25, -0.2) is 4.79 Å². The van der Waals surface area contributed by atoms with Gasteiger partial charge in [-0.3, -0.25) is 9.69 Å². The Morgan fingerprint density at radius 2 is 1.82 bits per heavy atom. The first-order valence-electron chi connectivity index (χ1n) is 9.81. The highest BCUT2D eigenvalue weighted by Crippen LogP contribution is 2.22. The minimum atomic E-state index is -0.110. The van der Waals surface area contributed by atoms with Crippen molar-refractivity contribution in [2.75, 3.05) is 31.1 Å². The van der Waals surface area contributed by atoms with Crippen molar-refractivity contribution in [3.8, 4) is 0 Å². The molecule has 0 spiro atoms. The number of carbonyl (C=O) groups is 2. The molecule has 2 aliphatic rings. The number of hydrogen-bond acceptors (Lipinski definition) is 3. The van der Waals surface area contributed by atoms with Crippen LogP contribution in [0.5, 0.6) is 0 Å². The van der Waals surface area contributed by atoms with Crippen LogP contribution in [0.3, 0.4) is 0 Å². The van der Waals surface area contributed by atoms with Crippen molar-refractivity contribution in [3.63, 3.8) is 0 Å². The molecule has 2 fully saturated rings. The molecule has 0 aliphatic carbocycles. The zero-order chi connectivity index (χ0) is 19.3. The highest BCUT2D eigenvalue weighted by atomic mass is 16.5. The Balaban J connectivity index is 1.32. The van der Waals surface area contributed by atoms with E-state index in [0.717, 1.165) is 18.5 Å². The summed E-state index contributed by atoms with van der Waals surface area (Å²) in [5.74, 6) is 0.0166. The summed E-state index contributed by atoms with van der Waals surface area (Å²) in [6.07, 6.45) is 1.86. The summed E-state index contributed by atoms with van der Waals surface area (Å²) in [6.45, 7) is 3.24. The second-order valence-electron chi connectivity index (χ2n) is 7.22. The van der Waals surface area contributed by atoms with E-state index in [1.807, 2.05) is 47.4 Å². The van der Waals surface area contributed by atoms with Crippen molar-refractivity contribution in [3.05, 3.63) is 65.7 Å². The van der Waals surface area contributed by atoms with E-state index in [4.69, 9.17) is 4.74 Å². The third kappa shape index (κ3) is 4.17. The molecule has 2 aromatic carbocycles. The lowest BCUT2D eigenvalue weighted by atomic mass is 10.1. The van der Waals surface area contributed by atoms with E-state index in [1.54, 1.807) is 4.90 Å². The van der Waals surface area contributed by atoms with E-state index in [-0.39, 0.29) is 18.0 Å². The summed E-state index contributed by atoms with van der Waals surface area (Å²) in [4.78, 5) is 28.3. The summed E-state index contributed by atoms with van der Waals surface area (Å²) in [7, 11) is 0. The van der Waals surface area contributed by atoms with Crippen molar-refractivity contribution in [1.82, 2.24) is 10.2 Å². The molecule has 0 radical (unpaired) electrons. The van der Waals surface area contributed by atoms with Gasteiger partial charge in [0.05, 0.1) is 12.7 Å². The molecule has 3 amide bonds. The maximum atomic E-state index is 12.9. The third-order valence-electron chi connectivity index (χ3n) is 5.32. The summed E-state index contributed by atoms with van der Waals surface area (Å²) >= 11 is 0. The first-order valence-corrected chi connectivity index (χ1v) is 9.81. The molecule has 0 saturated carbocycles. The second kappa shape index (κ2) is 8.44. The zero-order valence-electron chi connectivity index (χ0n) is 15.8. The zero-order valence-corrected chi connectivity index (χ0v) is 15.8. The Labute approximate surface area is 165 Å². The largest absolute Gasteiger partial charge is 0.373 e. The summed E-state index contributed by atoms with van der Waals surface area (Å²) in [6, 6.07) is 17.4. The molecule has 2 heterocycles. The summed E-state index contributed by atoms with van der Waals surface area (Å²) in [5, 5.41) is 2.79. The van der Waals surface area contributed by atoms with Crippen LogP contribution in [0.2, 0.25) is 0 Å². The number of likely N-dealkylation sites (tertiary alicyclic amines) is 1. The predicted octanol–water partition coefficient (Wildman–Crippen LogP) is 3.04. The molecule has 0 unspecified atom stereocenters. The predicted molar refractivity (Wildman–Crippen MR) is 107 cm³/mol. The van der Waals surface area contributed by atoms with E-state index < -0.39 is 0 Å². The van der Waals surface area contributed by atoms with E-state index in [2.05, 4.69) is 17.4 Å². The van der Waals surface area contributed by atoms with Gasteiger partial charge in [0, 0.05) is 37.4 Å². The number of carbonyl (C=O) groups excluding carboxylic acids is 2. The fraction of sp³-hybridized carbons (Fsp3) is 0.364. The first kappa shape index (κ1) is 18.5. The van der Waals surface area contributed by atoms with Gasteiger partial charge in [-0.15, -0.1) is 0 Å². The Morgan fingerprint density at radius 3 is 2.54 bits per heavy atom. The lowest BCUT2D eigenvalue weighted by Gasteiger charge is -2.32. The molecule has 0 aromatic heterocycles. The fourth-order valence-corrected chi connectivity index (χ4v) is 3.72. The summed E-state index contributed by atoms with van der Waals surface area (Å²) in [5.41, 5.74) is 2.56. The lowest BCUT2D eigenvalue weighted by Crippen LogP contribution is -2.41. The smallest absolute Gasteiger partial charge is 0.321 e. The van der Waals surface area contributed by atoms with Crippen LogP contribution in [0.25, 0.3) is 0 Å². The highest BCUT2D eigenvalue weighted by Gasteiger charge is 2.26. The number of anilines is 1.